The maximum Gasteiger partial charge on any atom is 0.343 e. The monoisotopic (exact) mass is 490 g/mol. The first-order valence-corrected chi connectivity index (χ1v) is 12.4. The zero-order valence-corrected chi connectivity index (χ0v) is 20.7. The molecule has 36 heavy (non-hydrogen) atoms. The van der Waals surface area contributed by atoms with Gasteiger partial charge in [0.2, 0.25) is 0 Å². The minimum Gasteiger partial charge on any atom is -0.462 e. The van der Waals surface area contributed by atoms with Crippen LogP contribution in [0.4, 0.5) is 5.82 Å². The summed E-state index contributed by atoms with van der Waals surface area (Å²) in [4.78, 5) is 29.5. The van der Waals surface area contributed by atoms with Crippen LogP contribution in [-0.2, 0) is 11.3 Å². The lowest BCUT2D eigenvalue weighted by Crippen LogP contribution is -2.46. The number of anilines is 1. The summed E-state index contributed by atoms with van der Waals surface area (Å²) in [6.45, 7) is 8.83. The van der Waals surface area contributed by atoms with Crippen molar-refractivity contribution in [3.05, 3.63) is 77.5 Å². The molecule has 3 aromatic rings. The predicted octanol–water partition coefficient (Wildman–Crippen LogP) is 2.57. The second-order valence-corrected chi connectivity index (χ2v) is 8.84. The number of esters is 1. The number of nitrogens with one attached hydrogen (secondary N) is 1. The Kier molecular flexibility index (Phi) is 8.70. The van der Waals surface area contributed by atoms with Crippen LogP contribution in [0, 0.1) is 0 Å². The molecular formula is C27H34N6O3. The number of carbonyl (C=O) groups is 2. The highest BCUT2D eigenvalue weighted by Gasteiger charge is 2.18. The topological polar surface area (TPSA) is 106 Å². The van der Waals surface area contributed by atoms with Gasteiger partial charge in [-0.25, -0.2) is 9.48 Å². The normalized spacial score (nSPS) is 14.5. The van der Waals surface area contributed by atoms with E-state index in [9.17, 15) is 9.59 Å². The number of amides is 1. The summed E-state index contributed by atoms with van der Waals surface area (Å²) >= 11 is 0. The zero-order valence-electron chi connectivity index (χ0n) is 20.7. The van der Waals surface area contributed by atoms with Crippen molar-refractivity contribution in [2.24, 2.45) is 0 Å². The Bertz CT molecular complexity index is 1140. The molecule has 1 aromatic heterocycles. The fourth-order valence-electron chi connectivity index (χ4n) is 4.30. The van der Waals surface area contributed by atoms with Crippen molar-refractivity contribution >= 4 is 17.7 Å². The van der Waals surface area contributed by atoms with Crippen molar-refractivity contribution in [1.29, 1.82) is 0 Å². The van der Waals surface area contributed by atoms with E-state index in [-0.39, 0.29) is 23.9 Å². The molecule has 1 aliphatic heterocycles. The average Bonchev–Trinajstić information content (AvgIpc) is 3.29. The number of nitrogen functional groups attached to an aromatic ring is 1. The number of rotatable bonds is 10. The molecule has 3 N–H and O–H groups in total. The molecular weight excluding hydrogens is 456 g/mol. The molecule has 1 saturated heterocycles. The average molecular weight is 491 g/mol. The first-order valence-electron chi connectivity index (χ1n) is 12.4. The van der Waals surface area contributed by atoms with Crippen molar-refractivity contribution < 1.29 is 14.3 Å². The number of piperazine rings is 1. The number of aromatic nitrogens is 2. The summed E-state index contributed by atoms with van der Waals surface area (Å²) < 4.78 is 6.44. The van der Waals surface area contributed by atoms with Crippen LogP contribution in [0.3, 0.4) is 0 Å². The first kappa shape index (κ1) is 25.4. The molecule has 0 radical (unpaired) electrons. The summed E-state index contributed by atoms with van der Waals surface area (Å²) in [5, 5.41) is 7.18. The molecule has 0 atom stereocenters. The van der Waals surface area contributed by atoms with E-state index in [1.165, 1.54) is 16.4 Å². The van der Waals surface area contributed by atoms with E-state index < -0.39 is 5.97 Å². The van der Waals surface area contributed by atoms with Crippen LogP contribution in [0.25, 0.3) is 5.69 Å². The maximum absolute atomic E-state index is 12.6. The fraction of sp³-hybridized carbons (Fsp3) is 0.370. The second-order valence-electron chi connectivity index (χ2n) is 8.84. The molecule has 0 aliphatic carbocycles. The Labute approximate surface area is 211 Å². The molecule has 0 unspecified atom stereocenters. The number of benzene rings is 2. The highest BCUT2D eigenvalue weighted by Crippen LogP contribution is 2.18. The SMILES string of the molecule is CCOC(=O)c1cnn(-c2ccc(C(=O)NCCCN3CCN(Cc4ccccc4)CC3)cc2)c1N. The van der Waals surface area contributed by atoms with Crippen molar-refractivity contribution in [1.82, 2.24) is 24.9 Å². The van der Waals surface area contributed by atoms with Crippen LogP contribution in [0.5, 0.6) is 0 Å². The van der Waals surface area contributed by atoms with E-state index in [1.54, 1.807) is 31.2 Å². The van der Waals surface area contributed by atoms with Gasteiger partial charge in [-0.2, -0.15) is 5.10 Å². The lowest BCUT2D eigenvalue weighted by atomic mass is 10.2. The molecule has 9 heteroatoms. The third-order valence-electron chi connectivity index (χ3n) is 6.33. The number of carbonyl (C=O) groups excluding carboxylic acids is 2. The van der Waals surface area contributed by atoms with Gasteiger partial charge in [0.05, 0.1) is 18.5 Å². The van der Waals surface area contributed by atoms with Gasteiger partial charge in [-0.05, 0) is 49.7 Å². The number of hydrogen-bond donors (Lipinski definition) is 2. The number of nitrogens with zero attached hydrogens (tertiary/aromatic N) is 4. The number of hydrogen-bond acceptors (Lipinski definition) is 7. The molecule has 9 nitrogen and oxygen atoms in total. The summed E-state index contributed by atoms with van der Waals surface area (Å²) in [5.41, 5.74) is 8.86. The van der Waals surface area contributed by atoms with Crippen molar-refractivity contribution in [2.75, 3.05) is 51.6 Å². The third kappa shape index (κ3) is 6.50. The van der Waals surface area contributed by atoms with E-state index in [1.807, 2.05) is 0 Å². The Balaban J connectivity index is 1.18. The van der Waals surface area contributed by atoms with Gasteiger partial charge in [0.15, 0.2) is 0 Å². The highest BCUT2D eigenvalue weighted by atomic mass is 16.5. The smallest absolute Gasteiger partial charge is 0.343 e. The Morgan fingerprint density at radius 3 is 2.39 bits per heavy atom. The minimum atomic E-state index is -0.508. The molecule has 1 fully saturated rings. The minimum absolute atomic E-state index is 0.116. The largest absolute Gasteiger partial charge is 0.462 e. The van der Waals surface area contributed by atoms with Crippen molar-refractivity contribution in [2.45, 2.75) is 19.9 Å². The molecule has 0 saturated carbocycles. The van der Waals surface area contributed by atoms with Gasteiger partial charge >= 0.3 is 5.97 Å². The van der Waals surface area contributed by atoms with Crippen LogP contribution in [0.2, 0.25) is 0 Å². The fourth-order valence-corrected chi connectivity index (χ4v) is 4.30. The van der Waals surface area contributed by atoms with Crippen LogP contribution in [0.15, 0.2) is 60.8 Å². The van der Waals surface area contributed by atoms with Crippen LogP contribution in [0.1, 0.15) is 39.6 Å². The number of ether oxygens (including phenoxy) is 1. The second kappa shape index (κ2) is 12.3. The molecule has 0 bridgehead atoms. The van der Waals surface area contributed by atoms with Gasteiger partial charge in [-0.1, -0.05) is 30.3 Å². The van der Waals surface area contributed by atoms with Crippen LogP contribution >= 0.6 is 0 Å². The Morgan fingerprint density at radius 1 is 1.00 bits per heavy atom. The summed E-state index contributed by atoms with van der Waals surface area (Å²) in [6.07, 6.45) is 2.29. The quantitative estimate of drug-likeness (QED) is 0.332. The van der Waals surface area contributed by atoms with E-state index in [0.29, 0.717) is 17.8 Å². The van der Waals surface area contributed by atoms with Crippen molar-refractivity contribution in [3.63, 3.8) is 0 Å². The summed E-state index contributed by atoms with van der Waals surface area (Å²) in [7, 11) is 0. The maximum atomic E-state index is 12.6. The Morgan fingerprint density at radius 2 is 1.69 bits per heavy atom. The van der Waals surface area contributed by atoms with E-state index >= 15 is 0 Å². The van der Waals surface area contributed by atoms with Gasteiger partial charge in [-0.15, -0.1) is 0 Å². The van der Waals surface area contributed by atoms with Gasteiger partial charge in [0.25, 0.3) is 5.91 Å². The lowest BCUT2D eigenvalue weighted by molar-refractivity contribution is 0.0527. The molecule has 190 valence electrons. The predicted molar refractivity (Wildman–Crippen MR) is 139 cm³/mol. The van der Waals surface area contributed by atoms with Gasteiger partial charge in [0, 0.05) is 44.8 Å². The number of nitrogens with two attached hydrogens (primary N) is 1. The van der Waals surface area contributed by atoms with Crippen molar-refractivity contribution in [3.8, 4) is 5.69 Å². The first-order chi connectivity index (χ1) is 17.5. The Hall–Kier alpha value is -3.69. The molecule has 4 rings (SSSR count). The molecule has 1 aliphatic rings. The summed E-state index contributed by atoms with van der Waals surface area (Å²) in [5.74, 6) is -0.423. The molecule has 2 aromatic carbocycles. The van der Waals surface area contributed by atoms with Gasteiger partial charge in [-0.3, -0.25) is 9.69 Å². The third-order valence-corrected chi connectivity index (χ3v) is 6.33. The molecule has 0 spiro atoms. The van der Waals surface area contributed by atoms with Crippen LogP contribution < -0.4 is 11.1 Å². The van der Waals surface area contributed by atoms with E-state index in [0.717, 1.165) is 45.7 Å². The molecule has 1 amide bonds. The van der Waals surface area contributed by atoms with E-state index in [2.05, 4.69) is 50.5 Å². The zero-order chi connectivity index (χ0) is 25.3. The molecule has 2 heterocycles. The summed E-state index contributed by atoms with van der Waals surface area (Å²) in [6, 6.07) is 17.5. The highest BCUT2D eigenvalue weighted by molar-refractivity contribution is 5.95. The standard InChI is InChI=1S/C27H34N6O3/c1-2-36-27(35)24-19-30-33(25(24)28)23-11-9-22(10-12-23)26(34)29-13-6-14-31-15-17-32(18-16-31)20-21-7-4-3-5-8-21/h3-5,7-12,19H,2,6,13-18,20,28H2,1H3,(H,29,34). The van der Waals surface area contributed by atoms with E-state index in [4.69, 9.17) is 10.5 Å². The lowest BCUT2D eigenvalue weighted by Gasteiger charge is -2.34. The van der Waals surface area contributed by atoms with Gasteiger partial charge < -0.3 is 20.7 Å². The van der Waals surface area contributed by atoms with Gasteiger partial charge in [0.1, 0.15) is 11.4 Å². The van der Waals surface area contributed by atoms with Crippen LogP contribution in [-0.4, -0.2) is 77.3 Å².